The van der Waals surface area contributed by atoms with E-state index in [1.165, 1.54) is 18.2 Å². The third kappa shape index (κ3) is 3.37. The number of ether oxygens (including phenoxy) is 1. The standard InChI is InChI=1S/C24H15NO8/c26-14-9-18(29)20-19(10-14)32-22(12-2-4-16(27)17(28)8-12)23(21(20)30)33-24(31)13-1-3-15-11(7-13)5-6-25-15/h1-10,25-29H. The van der Waals surface area contributed by atoms with E-state index in [1.54, 1.807) is 24.4 Å². The van der Waals surface area contributed by atoms with E-state index in [9.17, 15) is 30.0 Å². The number of H-pyrrole nitrogens is 1. The molecule has 5 N–H and O–H groups in total. The highest BCUT2D eigenvalue weighted by Gasteiger charge is 2.24. The minimum atomic E-state index is -0.868. The molecule has 0 aliphatic heterocycles. The van der Waals surface area contributed by atoms with Gasteiger partial charge in [0.1, 0.15) is 22.5 Å². The van der Waals surface area contributed by atoms with Gasteiger partial charge < -0.3 is 34.6 Å². The number of benzene rings is 3. The number of esters is 1. The SMILES string of the molecule is O=C(Oc1c(-c2ccc(O)c(O)c2)oc2cc(O)cc(O)c2c1=O)c1ccc2[nH]ccc2c1. The number of phenols is 4. The van der Waals surface area contributed by atoms with Crippen LogP contribution < -0.4 is 10.2 Å². The highest BCUT2D eigenvalue weighted by atomic mass is 16.5. The Hall–Kier alpha value is -4.92. The normalized spacial score (nSPS) is 11.2. The lowest BCUT2D eigenvalue weighted by Gasteiger charge is -2.12. The van der Waals surface area contributed by atoms with Gasteiger partial charge in [-0.1, -0.05) is 0 Å². The molecule has 0 unspecified atom stereocenters. The summed E-state index contributed by atoms with van der Waals surface area (Å²) < 4.78 is 11.1. The summed E-state index contributed by atoms with van der Waals surface area (Å²) >= 11 is 0. The van der Waals surface area contributed by atoms with Crippen molar-refractivity contribution in [2.45, 2.75) is 0 Å². The number of hydrogen-bond donors (Lipinski definition) is 5. The van der Waals surface area contributed by atoms with Gasteiger partial charge in [0.05, 0.1) is 5.56 Å². The average Bonchev–Trinajstić information content (AvgIpc) is 3.24. The second-order valence-electron chi connectivity index (χ2n) is 7.30. The molecule has 0 saturated heterocycles. The lowest BCUT2D eigenvalue weighted by molar-refractivity contribution is 0.0731. The summed E-state index contributed by atoms with van der Waals surface area (Å²) in [5.41, 5.74) is 0.0368. The molecule has 9 nitrogen and oxygen atoms in total. The molecule has 0 radical (unpaired) electrons. The van der Waals surface area contributed by atoms with Gasteiger partial charge in [-0.2, -0.15) is 0 Å². The molecule has 5 rings (SSSR count). The number of carbonyl (C=O) groups excluding carboxylic acids is 1. The van der Waals surface area contributed by atoms with E-state index < -0.39 is 34.4 Å². The number of hydrogen-bond acceptors (Lipinski definition) is 8. The largest absolute Gasteiger partial charge is 0.508 e. The van der Waals surface area contributed by atoms with Gasteiger partial charge in [-0.05, 0) is 42.5 Å². The molecule has 5 aromatic rings. The Morgan fingerprint density at radius 1 is 0.879 bits per heavy atom. The van der Waals surface area contributed by atoms with Gasteiger partial charge >= 0.3 is 5.97 Å². The summed E-state index contributed by atoms with van der Waals surface area (Å²) in [6, 6.07) is 12.2. The fraction of sp³-hybridized carbons (Fsp3) is 0. The molecular formula is C24H15NO8. The third-order valence-corrected chi connectivity index (χ3v) is 5.14. The Bertz CT molecular complexity index is 1630. The molecule has 0 fully saturated rings. The van der Waals surface area contributed by atoms with E-state index in [-0.39, 0.29) is 33.6 Å². The minimum Gasteiger partial charge on any atom is -0.508 e. The van der Waals surface area contributed by atoms with Crippen LogP contribution in [0.1, 0.15) is 10.4 Å². The lowest BCUT2D eigenvalue weighted by Crippen LogP contribution is -2.16. The second kappa shape index (κ2) is 7.34. The van der Waals surface area contributed by atoms with Crippen molar-refractivity contribution in [2.24, 2.45) is 0 Å². The Morgan fingerprint density at radius 3 is 2.48 bits per heavy atom. The van der Waals surface area contributed by atoms with Crippen LogP contribution in [0, 0.1) is 0 Å². The van der Waals surface area contributed by atoms with Crippen molar-refractivity contribution in [1.82, 2.24) is 4.98 Å². The molecule has 164 valence electrons. The molecule has 0 aliphatic carbocycles. The number of nitrogens with one attached hydrogen (secondary N) is 1. The number of phenolic OH excluding ortho intramolecular Hbond substituents is 4. The summed E-state index contributed by atoms with van der Waals surface area (Å²) in [7, 11) is 0. The van der Waals surface area contributed by atoms with E-state index in [2.05, 4.69) is 4.98 Å². The Labute approximate surface area is 184 Å². The van der Waals surface area contributed by atoms with Crippen molar-refractivity contribution in [3.8, 4) is 40.1 Å². The van der Waals surface area contributed by atoms with Gasteiger partial charge in [0.2, 0.25) is 11.2 Å². The molecule has 0 aliphatic rings. The van der Waals surface area contributed by atoms with Crippen LogP contribution in [0.2, 0.25) is 0 Å². The van der Waals surface area contributed by atoms with Gasteiger partial charge in [0, 0.05) is 34.8 Å². The van der Waals surface area contributed by atoms with Crippen molar-refractivity contribution < 1.29 is 34.4 Å². The van der Waals surface area contributed by atoms with Crippen molar-refractivity contribution in [3.63, 3.8) is 0 Å². The zero-order valence-corrected chi connectivity index (χ0v) is 16.7. The lowest BCUT2D eigenvalue weighted by atomic mass is 10.1. The number of carbonyl (C=O) groups is 1. The van der Waals surface area contributed by atoms with Crippen LogP contribution in [0.3, 0.4) is 0 Å². The molecular weight excluding hydrogens is 430 g/mol. The maximum Gasteiger partial charge on any atom is 0.343 e. The Balaban J connectivity index is 1.71. The maximum atomic E-state index is 13.2. The fourth-order valence-electron chi connectivity index (χ4n) is 3.55. The van der Waals surface area contributed by atoms with E-state index in [0.717, 1.165) is 29.1 Å². The quantitative estimate of drug-likeness (QED) is 0.206. The van der Waals surface area contributed by atoms with Crippen LogP contribution in [0.15, 0.2) is 70.0 Å². The summed E-state index contributed by atoms with van der Waals surface area (Å²) in [5.74, 6) is -3.46. The Kier molecular flexibility index (Phi) is 4.45. The summed E-state index contributed by atoms with van der Waals surface area (Å²) in [5, 5.41) is 40.0. The third-order valence-electron chi connectivity index (χ3n) is 5.14. The summed E-state index contributed by atoms with van der Waals surface area (Å²) in [6.07, 6.45) is 1.71. The smallest absolute Gasteiger partial charge is 0.343 e. The molecule has 0 bridgehead atoms. The fourth-order valence-corrected chi connectivity index (χ4v) is 3.55. The van der Waals surface area contributed by atoms with E-state index in [1.807, 2.05) is 0 Å². The van der Waals surface area contributed by atoms with Crippen LogP contribution in [-0.4, -0.2) is 31.4 Å². The molecule has 0 spiro atoms. The minimum absolute atomic E-state index is 0.107. The first kappa shape index (κ1) is 20.0. The number of fused-ring (bicyclic) bond motifs is 2. The first-order valence-corrected chi connectivity index (χ1v) is 9.66. The monoisotopic (exact) mass is 445 g/mol. The first-order chi connectivity index (χ1) is 15.8. The molecule has 0 amide bonds. The van der Waals surface area contributed by atoms with E-state index >= 15 is 0 Å². The van der Waals surface area contributed by atoms with Gasteiger partial charge in [-0.3, -0.25) is 4.79 Å². The predicted octanol–water partition coefficient (Wildman–Crippen LogP) is 3.98. The van der Waals surface area contributed by atoms with Crippen molar-refractivity contribution in [1.29, 1.82) is 0 Å². The van der Waals surface area contributed by atoms with E-state index in [4.69, 9.17) is 9.15 Å². The predicted molar refractivity (Wildman–Crippen MR) is 118 cm³/mol. The molecule has 0 saturated carbocycles. The maximum absolute atomic E-state index is 13.2. The second-order valence-corrected chi connectivity index (χ2v) is 7.30. The number of aromatic amines is 1. The van der Waals surface area contributed by atoms with Gasteiger partial charge in [-0.25, -0.2) is 4.79 Å². The van der Waals surface area contributed by atoms with Crippen molar-refractivity contribution in [3.05, 3.63) is 76.6 Å². The number of rotatable bonds is 3. The molecule has 33 heavy (non-hydrogen) atoms. The zero-order chi connectivity index (χ0) is 23.3. The van der Waals surface area contributed by atoms with E-state index in [0.29, 0.717) is 0 Å². The molecule has 2 heterocycles. The summed E-state index contributed by atoms with van der Waals surface area (Å²) in [4.78, 5) is 29.2. The molecule has 9 heteroatoms. The van der Waals surface area contributed by atoms with Gasteiger partial charge in [-0.15, -0.1) is 0 Å². The highest BCUT2D eigenvalue weighted by molar-refractivity contribution is 5.97. The Morgan fingerprint density at radius 2 is 1.70 bits per heavy atom. The zero-order valence-electron chi connectivity index (χ0n) is 16.7. The van der Waals surface area contributed by atoms with Gasteiger partial charge in [0.25, 0.3) is 0 Å². The molecule has 3 aromatic carbocycles. The van der Waals surface area contributed by atoms with Crippen LogP contribution in [0.5, 0.6) is 28.7 Å². The topological polar surface area (TPSA) is 153 Å². The summed E-state index contributed by atoms with van der Waals surface area (Å²) in [6.45, 7) is 0. The first-order valence-electron chi connectivity index (χ1n) is 9.66. The average molecular weight is 445 g/mol. The van der Waals surface area contributed by atoms with Crippen LogP contribution in [0.4, 0.5) is 0 Å². The van der Waals surface area contributed by atoms with Crippen LogP contribution in [0.25, 0.3) is 33.2 Å². The van der Waals surface area contributed by atoms with Gasteiger partial charge in [0.15, 0.2) is 17.3 Å². The number of aromatic hydroxyl groups is 4. The molecule has 2 aromatic heterocycles. The van der Waals surface area contributed by atoms with Crippen molar-refractivity contribution >= 4 is 27.8 Å². The van der Waals surface area contributed by atoms with Crippen LogP contribution in [-0.2, 0) is 0 Å². The number of aromatic nitrogens is 1. The molecule has 0 atom stereocenters. The highest BCUT2D eigenvalue weighted by Crippen LogP contribution is 2.38. The van der Waals surface area contributed by atoms with Crippen molar-refractivity contribution in [2.75, 3.05) is 0 Å². The van der Waals surface area contributed by atoms with Crippen LogP contribution >= 0.6 is 0 Å².